The second-order valence-corrected chi connectivity index (χ2v) is 5.94. The van der Waals surface area contributed by atoms with E-state index in [1.165, 1.54) is 12.1 Å². The molecule has 2 atom stereocenters. The van der Waals surface area contributed by atoms with Crippen molar-refractivity contribution in [1.82, 2.24) is 4.90 Å². The summed E-state index contributed by atoms with van der Waals surface area (Å²) in [6.07, 6.45) is 1.17. The van der Waals surface area contributed by atoms with E-state index < -0.39 is 0 Å². The molecule has 2 unspecified atom stereocenters. The summed E-state index contributed by atoms with van der Waals surface area (Å²) in [5.41, 5.74) is 7.20. The number of hydrogen-bond acceptors (Lipinski definition) is 3. The first-order chi connectivity index (χ1) is 8.63. The van der Waals surface area contributed by atoms with Gasteiger partial charge in [-0.1, -0.05) is 12.1 Å². The van der Waals surface area contributed by atoms with Crippen LogP contribution >= 0.6 is 15.9 Å². The highest BCUT2D eigenvalue weighted by atomic mass is 79.9. The van der Waals surface area contributed by atoms with Crippen molar-refractivity contribution >= 4 is 21.6 Å². The minimum absolute atomic E-state index is 0.426. The Balaban J connectivity index is 2.22. The lowest BCUT2D eigenvalue weighted by Crippen LogP contribution is -2.46. The molecule has 0 spiro atoms. The maximum atomic E-state index is 5.92. The SMILES string of the molecule is CC1CCN(c2ccccc2Br)CC(CN)N1C. The predicted molar refractivity (Wildman–Crippen MR) is 81.0 cm³/mol. The smallest absolute Gasteiger partial charge is 0.0511 e. The average Bonchev–Trinajstić information content (AvgIpc) is 2.52. The van der Waals surface area contributed by atoms with Crippen LogP contribution < -0.4 is 10.6 Å². The summed E-state index contributed by atoms with van der Waals surface area (Å²) in [6, 6.07) is 9.44. The molecule has 0 bridgehead atoms. The summed E-state index contributed by atoms with van der Waals surface area (Å²) >= 11 is 3.64. The van der Waals surface area contributed by atoms with Crippen LogP contribution in [0.4, 0.5) is 5.69 Å². The van der Waals surface area contributed by atoms with Gasteiger partial charge in [-0.2, -0.15) is 0 Å². The highest BCUT2D eigenvalue weighted by molar-refractivity contribution is 9.10. The van der Waals surface area contributed by atoms with Gasteiger partial charge in [0, 0.05) is 36.2 Å². The first kappa shape index (κ1) is 13.8. The van der Waals surface area contributed by atoms with E-state index in [9.17, 15) is 0 Å². The monoisotopic (exact) mass is 311 g/mol. The largest absolute Gasteiger partial charge is 0.369 e. The van der Waals surface area contributed by atoms with Gasteiger partial charge in [0.15, 0.2) is 0 Å². The third-order valence-electron chi connectivity index (χ3n) is 3.98. The van der Waals surface area contributed by atoms with Gasteiger partial charge in [-0.15, -0.1) is 0 Å². The topological polar surface area (TPSA) is 32.5 Å². The summed E-state index contributed by atoms with van der Waals surface area (Å²) in [4.78, 5) is 4.86. The van der Waals surface area contributed by atoms with Crippen LogP contribution in [-0.2, 0) is 0 Å². The fraction of sp³-hybridized carbons (Fsp3) is 0.571. The van der Waals surface area contributed by atoms with Crippen LogP contribution in [-0.4, -0.2) is 43.7 Å². The Labute approximate surface area is 118 Å². The van der Waals surface area contributed by atoms with Gasteiger partial charge < -0.3 is 10.6 Å². The molecule has 2 N–H and O–H groups in total. The second kappa shape index (κ2) is 6.04. The molecule has 1 fully saturated rings. The Hall–Kier alpha value is -0.580. The molecule has 0 amide bonds. The Bertz CT molecular complexity index is 396. The number of para-hydroxylation sites is 1. The molecule has 0 saturated carbocycles. The quantitative estimate of drug-likeness (QED) is 0.909. The number of anilines is 1. The van der Waals surface area contributed by atoms with E-state index >= 15 is 0 Å². The molecule has 1 aromatic rings. The standard InChI is InChI=1S/C14H22BrN3/c1-11-7-8-18(10-12(9-16)17(11)2)14-6-4-3-5-13(14)15/h3-6,11-12H,7-10,16H2,1-2H3. The summed E-state index contributed by atoms with van der Waals surface area (Å²) in [5, 5.41) is 0. The minimum atomic E-state index is 0.426. The van der Waals surface area contributed by atoms with Crippen molar-refractivity contribution in [2.75, 3.05) is 31.6 Å². The van der Waals surface area contributed by atoms with Crippen molar-refractivity contribution in [3.05, 3.63) is 28.7 Å². The van der Waals surface area contributed by atoms with Crippen LogP contribution in [0.5, 0.6) is 0 Å². The fourth-order valence-corrected chi connectivity index (χ4v) is 3.08. The van der Waals surface area contributed by atoms with Crippen LogP contribution in [0.1, 0.15) is 13.3 Å². The minimum Gasteiger partial charge on any atom is -0.369 e. The van der Waals surface area contributed by atoms with Gasteiger partial charge in [0.25, 0.3) is 0 Å². The number of benzene rings is 1. The molecule has 4 heteroatoms. The Morgan fingerprint density at radius 2 is 2.11 bits per heavy atom. The highest BCUT2D eigenvalue weighted by Gasteiger charge is 2.26. The maximum absolute atomic E-state index is 5.92. The number of likely N-dealkylation sites (N-methyl/N-ethyl adjacent to an activating group) is 1. The third-order valence-corrected chi connectivity index (χ3v) is 4.65. The van der Waals surface area contributed by atoms with Gasteiger partial charge >= 0.3 is 0 Å². The normalized spacial score (nSPS) is 26.1. The molecule has 0 aliphatic carbocycles. The van der Waals surface area contributed by atoms with Crippen molar-refractivity contribution in [2.45, 2.75) is 25.4 Å². The van der Waals surface area contributed by atoms with Crippen LogP contribution in [0.15, 0.2) is 28.7 Å². The molecule has 1 aliphatic rings. The molecule has 0 radical (unpaired) electrons. The summed E-state index contributed by atoms with van der Waals surface area (Å²) in [6.45, 7) is 5.08. The van der Waals surface area contributed by atoms with Crippen LogP contribution in [0.2, 0.25) is 0 Å². The zero-order chi connectivity index (χ0) is 13.1. The van der Waals surface area contributed by atoms with Crippen LogP contribution in [0.25, 0.3) is 0 Å². The van der Waals surface area contributed by atoms with Crippen molar-refractivity contribution < 1.29 is 0 Å². The predicted octanol–water partition coefficient (Wildman–Crippen LogP) is 2.31. The van der Waals surface area contributed by atoms with Gasteiger partial charge in [-0.3, -0.25) is 4.90 Å². The Morgan fingerprint density at radius 1 is 1.39 bits per heavy atom. The number of hydrogen-bond donors (Lipinski definition) is 1. The van der Waals surface area contributed by atoms with Gasteiger partial charge in [0.05, 0.1) is 5.69 Å². The maximum Gasteiger partial charge on any atom is 0.0511 e. The van der Waals surface area contributed by atoms with Gasteiger partial charge in [0.1, 0.15) is 0 Å². The molecule has 1 saturated heterocycles. The average molecular weight is 312 g/mol. The van der Waals surface area contributed by atoms with Crippen molar-refractivity contribution in [1.29, 1.82) is 0 Å². The first-order valence-electron chi connectivity index (χ1n) is 6.55. The van der Waals surface area contributed by atoms with Crippen molar-refractivity contribution in [3.63, 3.8) is 0 Å². The molecule has 3 nitrogen and oxygen atoms in total. The molecule has 1 heterocycles. The molecule has 1 aromatic carbocycles. The lowest BCUT2D eigenvalue weighted by molar-refractivity contribution is 0.201. The van der Waals surface area contributed by atoms with Crippen molar-refractivity contribution in [3.8, 4) is 0 Å². The molecular weight excluding hydrogens is 290 g/mol. The lowest BCUT2D eigenvalue weighted by atomic mass is 10.2. The second-order valence-electron chi connectivity index (χ2n) is 5.09. The number of halogens is 1. The molecule has 1 aliphatic heterocycles. The van der Waals surface area contributed by atoms with Gasteiger partial charge in [0.2, 0.25) is 0 Å². The first-order valence-corrected chi connectivity index (χ1v) is 7.34. The number of nitrogens with zero attached hydrogens (tertiary/aromatic N) is 2. The van der Waals surface area contributed by atoms with Crippen LogP contribution in [0, 0.1) is 0 Å². The summed E-state index contributed by atoms with van der Waals surface area (Å²) in [5.74, 6) is 0. The van der Waals surface area contributed by atoms with Gasteiger partial charge in [-0.05, 0) is 48.5 Å². The summed E-state index contributed by atoms with van der Waals surface area (Å²) in [7, 11) is 2.19. The van der Waals surface area contributed by atoms with E-state index in [1.807, 2.05) is 0 Å². The van der Waals surface area contributed by atoms with E-state index in [1.54, 1.807) is 0 Å². The molecule has 100 valence electrons. The third kappa shape index (κ3) is 2.87. The highest BCUT2D eigenvalue weighted by Crippen LogP contribution is 2.28. The number of rotatable bonds is 2. The molecular formula is C14H22BrN3. The van der Waals surface area contributed by atoms with Gasteiger partial charge in [-0.25, -0.2) is 0 Å². The van der Waals surface area contributed by atoms with Crippen LogP contribution in [0.3, 0.4) is 0 Å². The van der Waals surface area contributed by atoms with E-state index in [-0.39, 0.29) is 0 Å². The Kier molecular flexibility index (Phi) is 4.65. The van der Waals surface area contributed by atoms with E-state index in [4.69, 9.17) is 5.73 Å². The fourth-order valence-electron chi connectivity index (χ4n) is 2.55. The lowest BCUT2D eigenvalue weighted by Gasteiger charge is -2.31. The van der Waals surface area contributed by atoms with E-state index in [2.05, 4.69) is 64.0 Å². The van der Waals surface area contributed by atoms with E-state index in [0.29, 0.717) is 18.6 Å². The zero-order valence-electron chi connectivity index (χ0n) is 11.1. The number of nitrogens with two attached hydrogens (primary N) is 1. The van der Waals surface area contributed by atoms with E-state index in [0.717, 1.165) is 17.6 Å². The summed E-state index contributed by atoms with van der Waals surface area (Å²) < 4.78 is 1.16. The Morgan fingerprint density at radius 3 is 2.78 bits per heavy atom. The molecule has 18 heavy (non-hydrogen) atoms. The molecule has 0 aromatic heterocycles. The molecule has 2 rings (SSSR count). The zero-order valence-corrected chi connectivity index (χ0v) is 12.7. The van der Waals surface area contributed by atoms with Crippen molar-refractivity contribution in [2.24, 2.45) is 5.73 Å².